The maximum atomic E-state index is 12.1. The quantitative estimate of drug-likeness (QED) is 0.103. The number of urea groups is 1. The van der Waals surface area contributed by atoms with Gasteiger partial charge in [0, 0.05) is 31.8 Å². The average Bonchev–Trinajstić information content (AvgIpc) is 2.76. The van der Waals surface area contributed by atoms with E-state index in [0.717, 1.165) is 5.56 Å². The van der Waals surface area contributed by atoms with E-state index in [4.69, 9.17) is 20.7 Å². The highest BCUT2D eigenvalue weighted by atomic mass is 16.5. The lowest BCUT2D eigenvalue weighted by Gasteiger charge is -2.19. The lowest BCUT2D eigenvalue weighted by atomic mass is 10.1. The molecule has 3 amide bonds. The Hall–Kier alpha value is -3.74. The van der Waals surface area contributed by atoms with Gasteiger partial charge in [0.2, 0.25) is 5.91 Å². The molecule has 1 heterocycles. The monoisotopic (exact) mass is 467 g/mol. The number of carbonyl (C=O) groups is 5. The fraction of sp³-hybridized carbons (Fsp3) is 0.500. The largest absolute Gasteiger partial charge is 0.481 e. The third-order valence-corrected chi connectivity index (χ3v) is 4.50. The predicted octanol–water partition coefficient (Wildman–Crippen LogP) is -0.646. The first-order valence-electron chi connectivity index (χ1n) is 10.3. The van der Waals surface area contributed by atoms with E-state index in [1.165, 1.54) is 0 Å². The van der Waals surface area contributed by atoms with Gasteiger partial charge in [-0.1, -0.05) is 0 Å². The number of pyridine rings is 1. The zero-order valence-corrected chi connectivity index (χ0v) is 17.9. The van der Waals surface area contributed by atoms with Crippen molar-refractivity contribution in [3.8, 4) is 0 Å². The minimum Gasteiger partial charge on any atom is -0.481 e. The summed E-state index contributed by atoms with van der Waals surface area (Å²) in [6.45, 7) is 0.461. The van der Waals surface area contributed by atoms with Crippen molar-refractivity contribution < 1.29 is 38.9 Å². The molecule has 0 spiro atoms. The smallest absolute Gasteiger partial charge is 0.326 e. The third-order valence-electron chi connectivity index (χ3n) is 4.50. The maximum Gasteiger partial charge on any atom is 0.326 e. The number of aliphatic carboxylic acids is 2. The van der Waals surface area contributed by atoms with Crippen LogP contribution < -0.4 is 21.7 Å². The molecular formula is C20H29N5O8. The van der Waals surface area contributed by atoms with Crippen molar-refractivity contribution in [2.75, 3.05) is 6.54 Å². The number of rotatable bonds is 16. The second-order valence-corrected chi connectivity index (χ2v) is 7.11. The van der Waals surface area contributed by atoms with Gasteiger partial charge in [-0.05, 0) is 43.4 Å². The summed E-state index contributed by atoms with van der Waals surface area (Å²) in [6.07, 6.45) is 3.00. The van der Waals surface area contributed by atoms with E-state index in [2.05, 4.69) is 20.9 Å². The number of carboxylic acid groups (broad SMARTS) is 2. The van der Waals surface area contributed by atoms with Crippen LogP contribution >= 0.6 is 0 Å². The molecule has 0 fully saturated rings. The summed E-state index contributed by atoms with van der Waals surface area (Å²) in [5, 5.41) is 24.9. The first-order chi connectivity index (χ1) is 15.7. The molecular weight excluding hydrogens is 438 g/mol. The van der Waals surface area contributed by atoms with E-state index < -0.39 is 42.7 Å². The number of carboxylic acids is 2. The SMILES string of the molecule is N[C@@H](Cc1ccncc1)C(=O)NCCCC[C@H](NC(=O)N[C@@H](CCC(=O)O)C(=O)O)OC=O. The van der Waals surface area contributed by atoms with Crippen LogP contribution in [0.15, 0.2) is 24.5 Å². The Balaban J connectivity index is 2.35. The van der Waals surface area contributed by atoms with Crippen LogP contribution in [-0.4, -0.2) is 70.4 Å². The summed E-state index contributed by atoms with van der Waals surface area (Å²) >= 11 is 0. The first kappa shape index (κ1) is 27.3. The van der Waals surface area contributed by atoms with Crippen molar-refractivity contribution in [2.24, 2.45) is 5.73 Å². The number of amides is 3. The van der Waals surface area contributed by atoms with Gasteiger partial charge in [0.05, 0.1) is 6.04 Å². The van der Waals surface area contributed by atoms with Gasteiger partial charge in [-0.25, -0.2) is 9.59 Å². The Bertz CT molecular complexity index is 792. The highest BCUT2D eigenvalue weighted by molar-refractivity contribution is 5.83. The molecule has 0 saturated carbocycles. The molecule has 182 valence electrons. The Labute approximate surface area is 190 Å². The van der Waals surface area contributed by atoms with Gasteiger partial charge in [0.25, 0.3) is 6.47 Å². The molecule has 0 saturated heterocycles. The average molecular weight is 467 g/mol. The number of hydrogen-bond donors (Lipinski definition) is 6. The Kier molecular flexibility index (Phi) is 12.5. The lowest BCUT2D eigenvalue weighted by Crippen LogP contribution is -2.49. The van der Waals surface area contributed by atoms with E-state index in [1.54, 1.807) is 24.5 Å². The Morgan fingerprint density at radius 1 is 1.09 bits per heavy atom. The molecule has 13 nitrogen and oxygen atoms in total. The predicted molar refractivity (Wildman–Crippen MR) is 114 cm³/mol. The fourth-order valence-corrected chi connectivity index (χ4v) is 2.78. The van der Waals surface area contributed by atoms with Crippen molar-refractivity contribution in [3.63, 3.8) is 0 Å². The van der Waals surface area contributed by atoms with Gasteiger partial charge in [-0.15, -0.1) is 0 Å². The number of nitrogens with two attached hydrogens (primary N) is 1. The zero-order valence-electron chi connectivity index (χ0n) is 17.9. The molecule has 0 aliphatic heterocycles. The van der Waals surface area contributed by atoms with Gasteiger partial charge in [0.15, 0.2) is 6.23 Å². The van der Waals surface area contributed by atoms with Crippen LogP contribution in [0.2, 0.25) is 0 Å². The van der Waals surface area contributed by atoms with Crippen LogP contribution in [0, 0.1) is 0 Å². The van der Waals surface area contributed by atoms with E-state index in [-0.39, 0.29) is 25.2 Å². The summed E-state index contributed by atoms with van der Waals surface area (Å²) in [4.78, 5) is 60.4. The molecule has 0 radical (unpaired) electrons. The second-order valence-electron chi connectivity index (χ2n) is 7.11. The zero-order chi connectivity index (χ0) is 24.6. The molecule has 1 aromatic heterocycles. The molecule has 1 aromatic rings. The molecule has 3 atom stereocenters. The number of hydrogen-bond acceptors (Lipinski definition) is 8. The van der Waals surface area contributed by atoms with Gasteiger partial charge in [-0.2, -0.15) is 0 Å². The second kappa shape index (κ2) is 15.1. The van der Waals surface area contributed by atoms with Crippen LogP contribution in [0.25, 0.3) is 0 Å². The van der Waals surface area contributed by atoms with Gasteiger partial charge >= 0.3 is 18.0 Å². The number of nitrogens with one attached hydrogen (secondary N) is 3. The van der Waals surface area contributed by atoms with Crippen LogP contribution in [0.5, 0.6) is 0 Å². The van der Waals surface area contributed by atoms with Crippen LogP contribution in [-0.2, 0) is 30.3 Å². The fourth-order valence-electron chi connectivity index (χ4n) is 2.78. The number of aromatic nitrogens is 1. The van der Waals surface area contributed by atoms with E-state index in [9.17, 15) is 24.0 Å². The third kappa shape index (κ3) is 12.0. The van der Waals surface area contributed by atoms with E-state index >= 15 is 0 Å². The van der Waals surface area contributed by atoms with Crippen molar-refractivity contribution >= 4 is 30.3 Å². The molecule has 0 aromatic carbocycles. The summed E-state index contributed by atoms with van der Waals surface area (Å²) in [5.74, 6) is -2.90. The maximum absolute atomic E-state index is 12.1. The van der Waals surface area contributed by atoms with Crippen molar-refractivity contribution in [1.82, 2.24) is 20.9 Å². The summed E-state index contributed by atoms with van der Waals surface area (Å²) in [5.41, 5.74) is 6.77. The van der Waals surface area contributed by atoms with Crippen LogP contribution in [0.4, 0.5) is 4.79 Å². The highest BCUT2D eigenvalue weighted by Crippen LogP contribution is 2.04. The molecule has 0 unspecified atom stereocenters. The highest BCUT2D eigenvalue weighted by Gasteiger charge is 2.22. The molecule has 0 aliphatic carbocycles. The van der Waals surface area contributed by atoms with Crippen LogP contribution in [0.3, 0.4) is 0 Å². The Morgan fingerprint density at radius 2 is 1.79 bits per heavy atom. The van der Waals surface area contributed by atoms with Crippen LogP contribution in [0.1, 0.15) is 37.7 Å². The van der Waals surface area contributed by atoms with Crippen molar-refractivity contribution in [1.29, 1.82) is 0 Å². The van der Waals surface area contributed by atoms with E-state index in [0.29, 0.717) is 25.8 Å². The normalized spacial score (nSPS) is 13.1. The molecule has 0 aliphatic rings. The topological polar surface area (TPSA) is 210 Å². The lowest BCUT2D eigenvalue weighted by molar-refractivity contribution is -0.141. The molecule has 13 heteroatoms. The minimum atomic E-state index is -1.41. The number of carbonyl (C=O) groups excluding carboxylic acids is 3. The van der Waals surface area contributed by atoms with Gasteiger partial charge < -0.3 is 36.6 Å². The molecule has 7 N–H and O–H groups in total. The van der Waals surface area contributed by atoms with Crippen molar-refractivity contribution in [2.45, 2.75) is 56.8 Å². The summed E-state index contributed by atoms with van der Waals surface area (Å²) in [7, 11) is 0. The number of nitrogens with zero attached hydrogens (tertiary/aromatic N) is 1. The Morgan fingerprint density at radius 3 is 2.39 bits per heavy atom. The minimum absolute atomic E-state index is 0.143. The standard InChI is InChI=1S/C20H29N5O8/c21-14(11-13-6-9-22-10-7-13)18(29)23-8-2-1-3-16(33-12-26)25-20(32)24-15(19(30)31)4-5-17(27)28/h6-7,9-10,12,14-16H,1-5,8,11,21H2,(H,23,29)(H,27,28)(H,30,31)(H2,24,25,32)/t14-,15-,16+/m0/s1. The molecule has 33 heavy (non-hydrogen) atoms. The number of ether oxygens (including phenoxy) is 1. The summed E-state index contributed by atoms with van der Waals surface area (Å²) in [6, 6.07) is 0.495. The van der Waals surface area contributed by atoms with E-state index in [1.807, 2.05) is 0 Å². The molecule has 1 rings (SSSR count). The number of unbranched alkanes of at least 4 members (excludes halogenated alkanes) is 1. The summed E-state index contributed by atoms with van der Waals surface area (Å²) < 4.78 is 4.78. The van der Waals surface area contributed by atoms with Crippen molar-refractivity contribution in [3.05, 3.63) is 30.1 Å². The molecule has 0 bridgehead atoms. The first-order valence-corrected chi connectivity index (χ1v) is 10.3. The van der Waals surface area contributed by atoms with Gasteiger partial charge in [0.1, 0.15) is 6.04 Å². The van der Waals surface area contributed by atoms with Gasteiger partial charge in [-0.3, -0.25) is 19.4 Å².